The van der Waals surface area contributed by atoms with Crippen LogP contribution in [0.3, 0.4) is 0 Å². The molecule has 2 aromatic rings. The summed E-state index contributed by atoms with van der Waals surface area (Å²) in [5.74, 6) is -1.26. The van der Waals surface area contributed by atoms with Gasteiger partial charge in [-0.2, -0.15) is 0 Å². The predicted molar refractivity (Wildman–Crippen MR) is 83.3 cm³/mol. The van der Waals surface area contributed by atoms with Gasteiger partial charge in [-0.1, -0.05) is 47.8 Å². The Labute approximate surface area is 136 Å². The van der Waals surface area contributed by atoms with Crippen LogP contribution in [0.25, 0.3) is 0 Å². The Hall–Kier alpha value is -0.870. The fourth-order valence-corrected chi connectivity index (χ4v) is 2.52. The lowest BCUT2D eigenvalue weighted by atomic mass is 9.98. The van der Waals surface area contributed by atoms with E-state index in [9.17, 15) is 8.78 Å². The summed E-state index contributed by atoms with van der Waals surface area (Å²) in [5.41, 5.74) is 0.851. The summed E-state index contributed by atoms with van der Waals surface area (Å²) >= 11 is 17.5. The Morgan fingerprint density at radius 2 is 1.67 bits per heavy atom. The van der Waals surface area contributed by atoms with Gasteiger partial charge < -0.3 is 5.32 Å². The van der Waals surface area contributed by atoms with Gasteiger partial charge in [0.15, 0.2) is 0 Å². The van der Waals surface area contributed by atoms with Crippen LogP contribution < -0.4 is 5.32 Å². The average Bonchev–Trinajstić information content (AvgIpc) is 2.44. The number of nitrogens with one attached hydrogen (secondary N) is 1. The number of rotatable bonds is 4. The van der Waals surface area contributed by atoms with Crippen LogP contribution in [-0.2, 0) is 0 Å². The molecule has 0 fully saturated rings. The molecule has 0 saturated heterocycles. The van der Waals surface area contributed by atoms with Gasteiger partial charge >= 0.3 is 0 Å². The molecule has 0 aliphatic carbocycles. The Kier molecular flexibility index (Phi) is 5.44. The summed E-state index contributed by atoms with van der Waals surface area (Å²) in [5, 5.41) is 3.60. The third-order valence-corrected chi connectivity index (χ3v) is 4.06. The fourth-order valence-electron chi connectivity index (χ4n) is 2.06. The maximum Gasteiger partial charge on any atom is 0.142 e. The third-order valence-electron chi connectivity index (χ3n) is 3.04. The van der Waals surface area contributed by atoms with E-state index in [0.29, 0.717) is 22.2 Å². The lowest BCUT2D eigenvalue weighted by Gasteiger charge is -2.20. The molecule has 0 spiro atoms. The molecule has 112 valence electrons. The highest BCUT2D eigenvalue weighted by molar-refractivity contribution is 6.42. The maximum absolute atomic E-state index is 14.1. The van der Waals surface area contributed by atoms with Crippen LogP contribution >= 0.6 is 34.8 Å². The second-order valence-corrected chi connectivity index (χ2v) is 5.67. The zero-order valence-corrected chi connectivity index (χ0v) is 13.3. The standard InChI is InChI=1S/C15H12Cl3F2N/c1-2-21-15(8-3-4-10(16)11(17)5-8)9-6-14(20)12(18)7-13(9)19/h3-7,15,21H,2H2,1H3. The highest BCUT2D eigenvalue weighted by Gasteiger charge is 2.20. The van der Waals surface area contributed by atoms with E-state index in [1.54, 1.807) is 18.2 Å². The first-order valence-electron chi connectivity index (χ1n) is 6.26. The zero-order valence-electron chi connectivity index (χ0n) is 11.1. The van der Waals surface area contributed by atoms with Gasteiger partial charge in [-0.3, -0.25) is 0 Å². The molecule has 0 heterocycles. The number of hydrogen-bond acceptors (Lipinski definition) is 1. The average molecular weight is 351 g/mol. The molecule has 6 heteroatoms. The molecule has 1 N–H and O–H groups in total. The molecular weight excluding hydrogens is 339 g/mol. The molecular formula is C15H12Cl3F2N. The summed E-state index contributed by atoms with van der Waals surface area (Å²) in [6.07, 6.45) is 0. The van der Waals surface area contributed by atoms with E-state index in [2.05, 4.69) is 5.32 Å². The van der Waals surface area contributed by atoms with Crippen molar-refractivity contribution in [1.29, 1.82) is 0 Å². The van der Waals surface area contributed by atoms with E-state index < -0.39 is 17.7 Å². The van der Waals surface area contributed by atoms with Crippen molar-refractivity contribution < 1.29 is 8.78 Å². The molecule has 0 amide bonds. The van der Waals surface area contributed by atoms with Crippen molar-refractivity contribution in [3.05, 3.63) is 68.2 Å². The summed E-state index contributed by atoms with van der Waals surface area (Å²) in [7, 11) is 0. The highest BCUT2D eigenvalue weighted by Crippen LogP contribution is 2.31. The molecule has 1 atom stereocenters. The summed E-state index contributed by atoms with van der Waals surface area (Å²) in [4.78, 5) is 0. The molecule has 0 aliphatic heterocycles. The maximum atomic E-state index is 14.1. The Balaban J connectivity index is 2.52. The number of hydrogen-bond donors (Lipinski definition) is 1. The Morgan fingerprint density at radius 1 is 0.952 bits per heavy atom. The first kappa shape index (κ1) is 16.5. The molecule has 0 radical (unpaired) electrons. The van der Waals surface area contributed by atoms with Crippen molar-refractivity contribution in [2.24, 2.45) is 0 Å². The molecule has 0 aromatic heterocycles. The van der Waals surface area contributed by atoms with Crippen LogP contribution in [0.2, 0.25) is 15.1 Å². The van der Waals surface area contributed by atoms with Gasteiger partial charge in [-0.15, -0.1) is 0 Å². The summed E-state index contributed by atoms with van der Waals surface area (Å²) in [6, 6.07) is 6.47. The zero-order chi connectivity index (χ0) is 15.6. The minimum Gasteiger partial charge on any atom is -0.306 e. The van der Waals surface area contributed by atoms with Crippen LogP contribution in [0, 0.1) is 11.6 Å². The molecule has 0 saturated carbocycles. The molecule has 0 aliphatic rings. The van der Waals surface area contributed by atoms with Crippen LogP contribution in [-0.4, -0.2) is 6.54 Å². The second kappa shape index (κ2) is 6.93. The van der Waals surface area contributed by atoms with Gasteiger partial charge in [0.05, 0.1) is 21.1 Å². The first-order chi connectivity index (χ1) is 9.93. The largest absolute Gasteiger partial charge is 0.306 e. The van der Waals surface area contributed by atoms with Gasteiger partial charge in [-0.05, 0) is 36.4 Å². The molecule has 0 bridgehead atoms. The van der Waals surface area contributed by atoms with Gasteiger partial charge in [0.25, 0.3) is 0 Å². The van der Waals surface area contributed by atoms with Crippen LogP contribution in [0.4, 0.5) is 8.78 Å². The van der Waals surface area contributed by atoms with E-state index >= 15 is 0 Å². The summed E-state index contributed by atoms with van der Waals surface area (Å²) in [6.45, 7) is 2.43. The Bertz CT molecular complexity index is 662. The second-order valence-electron chi connectivity index (χ2n) is 4.45. The highest BCUT2D eigenvalue weighted by atomic mass is 35.5. The van der Waals surface area contributed by atoms with E-state index in [0.717, 1.165) is 12.1 Å². The Morgan fingerprint density at radius 3 is 2.29 bits per heavy atom. The van der Waals surface area contributed by atoms with E-state index in [1.807, 2.05) is 6.92 Å². The molecule has 2 rings (SSSR count). The van der Waals surface area contributed by atoms with Gasteiger partial charge in [0.2, 0.25) is 0 Å². The monoisotopic (exact) mass is 349 g/mol. The van der Waals surface area contributed by atoms with Crippen LogP contribution in [0.15, 0.2) is 30.3 Å². The lowest BCUT2D eigenvalue weighted by molar-refractivity contribution is 0.545. The third kappa shape index (κ3) is 3.67. The molecule has 1 nitrogen and oxygen atoms in total. The van der Waals surface area contributed by atoms with Crippen molar-refractivity contribution in [3.8, 4) is 0 Å². The number of benzene rings is 2. The lowest BCUT2D eigenvalue weighted by Crippen LogP contribution is -2.23. The van der Waals surface area contributed by atoms with Crippen molar-refractivity contribution in [3.63, 3.8) is 0 Å². The van der Waals surface area contributed by atoms with Crippen LogP contribution in [0.1, 0.15) is 24.1 Å². The van der Waals surface area contributed by atoms with Crippen molar-refractivity contribution >= 4 is 34.8 Å². The van der Waals surface area contributed by atoms with Crippen molar-refractivity contribution in [2.75, 3.05) is 6.54 Å². The SMILES string of the molecule is CCNC(c1ccc(Cl)c(Cl)c1)c1cc(F)c(Cl)cc1F. The topological polar surface area (TPSA) is 12.0 Å². The normalized spacial score (nSPS) is 12.5. The predicted octanol–water partition coefficient (Wildman–Crippen LogP) is 5.62. The van der Waals surface area contributed by atoms with E-state index in [-0.39, 0.29) is 10.6 Å². The van der Waals surface area contributed by atoms with Crippen molar-refractivity contribution in [2.45, 2.75) is 13.0 Å². The fraction of sp³-hybridized carbons (Fsp3) is 0.200. The molecule has 1 unspecified atom stereocenters. The van der Waals surface area contributed by atoms with Crippen LogP contribution in [0.5, 0.6) is 0 Å². The molecule has 21 heavy (non-hydrogen) atoms. The van der Waals surface area contributed by atoms with Gasteiger partial charge in [0.1, 0.15) is 11.6 Å². The smallest absolute Gasteiger partial charge is 0.142 e. The van der Waals surface area contributed by atoms with E-state index in [1.165, 1.54) is 0 Å². The minimum absolute atomic E-state index is 0.164. The minimum atomic E-state index is -0.670. The summed E-state index contributed by atoms with van der Waals surface area (Å²) < 4.78 is 27.8. The van der Waals surface area contributed by atoms with Gasteiger partial charge in [-0.25, -0.2) is 8.78 Å². The first-order valence-corrected chi connectivity index (χ1v) is 7.40. The van der Waals surface area contributed by atoms with Crippen molar-refractivity contribution in [1.82, 2.24) is 5.32 Å². The number of halogens is 5. The quantitative estimate of drug-likeness (QED) is 0.705. The molecule has 2 aromatic carbocycles. The van der Waals surface area contributed by atoms with Gasteiger partial charge in [0, 0.05) is 5.56 Å². The van der Waals surface area contributed by atoms with E-state index in [4.69, 9.17) is 34.8 Å².